The number of amides is 2. The van der Waals surface area contributed by atoms with Crippen molar-refractivity contribution in [1.29, 1.82) is 0 Å². The van der Waals surface area contributed by atoms with Crippen molar-refractivity contribution < 1.29 is 9.59 Å². The monoisotopic (exact) mass is 458 g/mol. The minimum Gasteiger partial charge on any atom is -0.337 e. The molecule has 2 aromatic rings. The summed E-state index contributed by atoms with van der Waals surface area (Å²) in [5, 5.41) is 0.316. The number of carbonyl (C=O) groups excluding carboxylic acids is 2. The van der Waals surface area contributed by atoms with E-state index in [1.807, 2.05) is 30.9 Å². The Hall–Kier alpha value is -1.98. The minimum absolute atomic E-state index is 0.0364. The fourth-order valence-corrected chi connectivity index (χ4v) is 5.27. The first-order chi connectivity index (χ1) is 14.6. The van der Waals surface area contributed by atoms with Crippen molar-refractivity contribution in [2.75, 3.05) is 19.6 Å². The van der Waals surface area contributed by atoms with E-state index < -0.39 is 0 Å². The van der Waals surface area contributed by atoms with Crippen LogP contribution in [0.2, 0.25) is 5.02 Å². The van der Waals surface area contributed by atoms with E-state index in [1.54, 1.807) is 28.8 Å². The van der Waals surface area contributed by atoms with Gasteiger partial charge in [-0.15, -0.1) is 11.8 Å². The molecule has 31 heavy (non-hydrogen) atoms. The van der Waals surface area contributed by atoms with Gasteiger partial charge in [-0.1, -0.05) is 68.8 Å². The third-order valence-corrected chi connectivity index (χ3v) is 7.42. The highest BCUT2D eigenvalue weighted by atomic mass is 35.5. The Labute approximate surface area is 194 Å². The molecule has 1 saturated heterocycles. The highest BCUT2D eigenvalue weighted by Crippen LogP contribution is 2.43. The number of carbonyl (C=O) groups is 2. The molecular weight excluding hydrogens is 428 g/mol. The Balaban J connectivity index is 1.75. The van der Waals surface area contributed by atoms with Crippen LogP contribution in [0, 0.1) is 0 Å². The average Bonchev–Trinajstić information content (AvgIpc) is 3.02. The number of benzene rings is 2. The normalized spacial score (nSPS) is 19.0. The zero-order valence-electron chi connectivity index (χ0n) is 18.9. The molecule has 2 amide bonds. The summed E-state index contributed by atoms with van der Waals surface area (Å²) < 4.78 is 0. The van der Waals surface area contributed by atoms with Gasteiger partial charge in [-0.25, -0.2) is 0 Å². The smallest absolute Gasteiger partial charge is 0.255 e. The summed E-state index contributed by atoms with van der Waals surface area (Å²) in [7, 11) is 0. The molecule has 0 aliphatic carbocycles. The first-order valence-corrected chi connectivity index (χ1v) is 12.1. The second-order valence-electron chi connectivity index (χ2n) is 8.90. The topological polar surface area (TPSA) is 40.6 Å². The van der Waals surface area contributed by atoms with Crippen molar-refractivity contribution in [3.05, 3.63) is 70.2 Å². The van der Waals surface area contributed by atoms with Gasteiger partial charge in [0, 0.05) is 19.6 Å². The summed E-state index contributed by atoms with van der Waals surface area (Å²) in [6.07, 6.45) is 0. The SMILES string of the molecule is CCN(CCN1C(=O)[C@@H](C)S[C@H]1c1ccc(C(C)(C)C)cc1)C(=O)c1ccccc1Cl. The summed E-state index contributed by atoms with van der Waals surface area (Å²) in [5.41, 5.74) is 2.98. The van der Waals surface area contributed by atoms with Crippen LogP contribution >= 0.6 is 23.4 Å². The van der Waals surface area contributed by atoms with Crippen molar-refractivity contribution in [3.63, 3.8) is 0 Å². The largest absolute Gasteiger partial charge is 0.337 e. The van der Waals surface area contributed by atoms with Crippen LogP contribution in [0.15, 0.2) is 48.5 Å². The van der Waals surface area contributed by atoms with Crippen LogP contribution in [0.1, 0.15) is 61.5 Å². The number of nitrogens with zero attached hydrogens (tertiary/aromatic N) is 2. The van der Waals surface area contributed by atoms with E-state index in [9.17, 15) is 9.59 Å². The van der Waals surface area contributed by atoms with Crippen LogP contribution in [-0.2, 0) is 10.2 Å². The Bertz CT molecular complexity index is 939. The molecule has 0 spiro atoms. The van der Waals surface area contributed by atoms with Crippen molar-refractivity contribution in [2.45, 2.75) is 50.7 Å². The highest BCUT2D eigenvalue weighted by Gasteiger charge is 2.38. The molecule has 2 aromatic carbocycles. The highest BCUT2D eigenvalue weighted by molar-refractivity contribution is 8.01. The fourth-order valence-electron chi connectivity index (χ4n) is 3.74. The van der Waals surface area contributed by atoms with E-state index in [-0.39, 0.29) is 27.9 Å². The first kappa shape index (κ1) is 23.7. The number of hydrogen-bond donors (Lipinski definition) is 0. The molecule has 3 rings (SSSR count). The lowest BCUT2D eigenvalue weighted by atomic mass is 9.86. The maximum Gasteiger partial charge on any atom is 0.255 e. The summed E-state index contributed by atoms with van der Waals surface area (Å²) in [5.74, 6) is 0.0164. The van der Waals surface area contributed by atoms with Crippen molar-refractivity contribution in [3.8, 4) is 0 Å². The van der Waals surface area contributed by atoms with Gasteiger partial charge in [-0.2, -0.15) is 0 Å². The molecule has 0 bridgehead atoms. The Morgan fingerprint density at radius 3 is 2.35 bits per heavy atom. The Morgan fingerprint density at radius 1 is 1.13 bits per heavy atom. The van der Waals surface area contributed by atoms with Crippen LogP contribution in [0.3, 0.4) is 0 Å². The number of rotatable bonds is 6. The van der Waals surface area contributed by atoms with Crippen molar-refractivity contribution in [2.24, 2.45) is 0 Å². The molecule has 0 N–H and O–H groups in total. The zero-order chi connectivity index (χ0) is 22.8. The molecule has 1 fully saturated rings. The summed E-state index contributed by atoms with van der Waals surface area (Å²) in [6.45, 7) is 12.0. The molecule has 1 heterocycles. The quantitative estimate of drug-likeness (QED) is 0.552. The molecule has 6 heteroatoms. The second kappa shape index (κ2) is 9.66. The van der Waals surface area contributed by atoms with Gasteiger partial charge in [0.05, 0.1) is 15.8 Å². The van der Waals surface area contributed by atoms with E-state index in [1.165, 1.54) is 5.56 Å². The molecule has 2 atom stereocenters. The predicted octanol–water partition coefficient (Wildman–Crippen LogP) is 5.76. The van der Waals surface area contributed by atoms with Gasteiger partial charge in [0.25, 0.3) is 5.91 Å². The Kier molecular flexibility index (Phi) is 7.38. The molecule has 0 radical (unpaired) electrons. The van der Waals surface area contributed by atoms with E-state index in [0.717, 1.165) is 5.56 Å². The first-order valence-electron chi connectivity index (χ1n) is 10.7. The van der Waals surface area contributed by atoms with E-state index >= 15 is 0 Å². The van der Waals surface area contributed by atoms with E-state index in [0.29, 0.717) is 30.2 Å². The average molecular weight is 459 g/mol. The molecule has 4 nitrogen and oxygen atoms in total. The van der Waals surface area contributed by atoms with Gasteiger partial charge in [0.1, 0.15) is 5.37 Å². The predicted molar refractivity (Wildman–Crippen MR) is 130 cm³/mol. The molecule has 1 aliphatic rings. The molecular formula is C25H31ClN2O2S. The number of hydrogen-bond acceptors (Lipinski definition) is 3. The van der Waals surface area contributed by atoms with Crippen molar-refractivity contribution in [1.82, 2.24) is 9.80 Å². The standard InChI is InChI=1S/C25H31ClN2O2S/c1-6-27(23(30)20-9-7-8-10-21(20)26)15-16-28-22(29)17(2)31-24(28)18-11-13-19(14-12-18)25(3,4)5/h7-14,17,24H,6,15-16H2,1-5H3/t17-,24+/m1/s1. The summed E-state index contributed by atoms with van der Waals surface area (Å²) in [6, 6.07) is 15.7. The van der Waals surface area contributed by atoms with Gasteiger partial charge in [-0.05, 0) is 42.5 Å². The van der Waals surface area contributed by atoms with E-state index in [2.05, 4.69) is 45.0 Å². The molecule has 0 unspecified atom stereocenters. The van der Waals surface area contributed by atoms with Gasteiger partial charge in [-0.3, -0.25) is 9.59 Å². The van der Waals surface area contributed by atoms with Crippen LogP contribution < -0.4 is 0 Å². The lowest BCUT2D eigenvalue weighted by Crippen LogP contribution is -2.40. The van der Waals surface area contributed by atoms with Crippen LogP contribution in [-0.4, -0.2) is 46.5 Å². The van der Waals surface area contributed by atoms with Crippen LogP contribution in [0.5, 0.6) is 0 Å². The van der Waals surface area contributed by atoms with Gasteiger partial charge < -0.3 is 9.80 Å². The lowest BCUT2D eigenvalue weighted by molar-refractivity contribution is -0.130. The third kappa shape index (κ3) is 5.27. The van der Waals surface area contributed by atoms with Crippen molar-refractivity contribution >= 4 is 35.2 Å². The summed E-state index contributed by atoms with van der Waals surface area (Å²) in [4.78, 5) is 29.5. The number of halogens is 1. The second-order valence-corrected chi connectivity index (χ2v) is 10.7. The number of thioether (sulfide) groups is 1. The van der Waals surface area contributed by atoms with Gasteiger partial charge in [0.2, 0.25) is 5.91 Å². The lowest BCUT2D eigenvalue weighted by Gasteiger charge is -2.29. The maximum absolute atomic E-state index is 13.0. The fraction of sp³-hybridized carbons (Fsp3) is 0.440. The van der Waals surface area contributed by atoms with Crippen LogP contribution in [0.4, 0.5) is 0 Å². The van der Waals surface area contributed by atoms with E-state index in [4.69, 9.17) is 11.6 Å². The number of likely N-dealkylation sites (N-methyl/N-ethyl adjacent to an activating group) is 1. The molecule has 0 aromatic heterocycles. The third-order valence-electron chi connectivity index (χ3n) is 5.69. The Morgan fingerprint density at radius 2 is 1.77 bits per heavy atom. The maximum atomic E-state index is 13.0. The summed E-state index contributed by atoms with van der Waals surface area (Å²) >= 11 is 7.89. The van der Waals surface area contributed by atoms with Gasteiger partial charge in [0.15, 0.2) is 0 Å². The molecule has 166 valence electrons. The molecule has 0 saturated carbocycles. The molecule has 1 aliphatic heterocycles. The van der Waals surface area contributed by atoms with Crippen LogP contribution in [0.25, 0.3) is 0 Å². The minimum atomic E-state index is -0.105. The zero-order valence-corrected chi connectivity index (χ0v) is 20.5. The van der Waals surface area contributed by atoms with Gasteiger partial charge >= 0.3 is 0 Å².